The summed E-state index contributed by atoms with van der Waals surface area (Å²) < 4.78 is 10.8. The maximum absolute atomic E-state index is 5.42. The number of fused-ring (bicyclic) bond motifs is 1. The Kier molecular flexibility index (Phi) is 6.36. The van der Waals surface area contributed by atoms with Crippen molar-refractivity contribution in [3.8, 4) is 11.5 Å². The molecule has 7 heteroatoms. The number of guanidine groups is 1. The van der Waals surface area contributed by atoms with E-state index in [2.05, 4.69) is 32.3 Å². The fraction of sp³-hybridized carbons (Fsp3) is 0.611. The first-order valence-electron chi connectivity index (χ1n) is 9.06. The molecule has 2 aliphatic heterocycles. The molecule has 0 saturated carbocycles. The van der Waals surface area contributed by atoms with Crippen molar-refractivity contribution in [2.75, 3.05) is 59.7 Å². The van der Waals surface area contributed by atoms with Crippen LogP contribution < -0.4 is 20.1 Å². The van der Waals surface area contributed by atoms with Crippen LogP contribution in [0.5, 0.6) is 11.5 Å². The monoisotopic (exact) mass is 347 g/mol. The van der Waals surface area contributed by atoms with Crippen LogP contribution in [0.3, 0.4) is 0 Å². The van der Waals surface area contributed by atoms with Crippen LogP contribution in [0.25, 0.3) is 0 Å². The lowest BCUT2D eigenvalue weighted by Crippen LogP contribution is -2.49. The molecule has 1 aromatic carbocycles. The number of nitrogens with zero attached hydrogens (tertiary/aromatic N) is 3. The Balaban J connectivity index is 1.37. The quantitative estimate of drug-likeness (QED) is 0.584. The van der Waals surface area contributed by atoms with Gasteiger partial charge in [-0.15, -0.1) is 0 Å². The summed E-state index contributed by atoms with van der Waals surface area (Å²) in [4.78, 5) is 9.30. The van der Waals surface area contributed by atoms with Gasteiger partial charge in [0.1, 0.15) is 0 Å². The number of rotatable bonds is 6. The van der Waals surface area contributed by atoms with Crippen LogP contribution in [0.2, 0.25) is 0 Å². The Labute approximate surface area is 150 Å². The molecule has 0 unspecified atom stereocenters. The van der Waals surface area contributed by atoms with Crippen molar-refractivity contribution in [1.29, 1.82) is 0 Å². The first kappa shape index (κ1) is 17.8. The van der Waals surface area contributed by atoms with Gasteiger partial charge in [0.05, 0.1) is 0 Å². The fourth-order valence-electron chi connectivity index (χ4n) is 3.12. The summed E-state index contributed by atoms with van der Waals surface area (Å²) in [6.07, 6.45) is 0. The van der Waals surface area contributed by atoms with Gasteiger partial charge in [-0.05, 0) is 24.2 Å². The SMILES string of the molecule is CCN1CCN(CCNC(=NC)NCc2ccc3c(c2)OCO3)CC1. The Morgan fingerprint density at radius 2 is 1.84 bits per heavy atom. The highest BCUT2D eigenvalue weighted by atomic mass is 16.7. The van der Waals surface area contributed by atoms with Gasteiger partial charge in [-0.2, -0.15) is 0 Å². The van der Waals surface area contributed by atoms with E-state index in [4.69, 9.17) is 9.47 Å². The number of piperazine rings is 1. The van der Waals surface area contributed by atoms with E-state index in [0.717, 1.165) is 55.7 Å². The standard InChI is InChI=1S/C18H29N5O2/c1-3-22-8-10-23(11-9-22)7-6-20-18(19-2)21-13-15-4-5-16-17(12-15)25-14-24-16/h4-5,12H,3,6-11,13-14H2,1-2H3,(H2,19,20,21). The van der Waals surface area contributed by atoms with Gasteiger partial charge in [-0.1, -0.05) is 13.0 Å². The third-order valence-corrected chi connectivity index (χ3v) is 4.75. The van der Waals surface area contributed by atoms with Gasteiger partial charge in [0.15, 0.2) is 17.5 Å². The average molecular weight is 347 g/mol. The summed E-state index contributed by atoms with van der Waals surface area (Å²) in [6, 6.07) is 6.00. The molecule has 0 radical (unpaired) electrons. The molecule has 25 heavy (non-hydrogen) atoms. The summed E-state index contributed by atoms with van der Waals surface area (Å²) in [5.74, 6) is 2.45. The Bertz CT molecular complexity index is 585. The van der Waals surface area contributed by atoms with Crippen LogP contribution >= 0.6 is 0 Å². The van der Waals surface area contributed by atoms with Gasteiger partial charge in [0.25, 0.3) is 0 Å². The highest BCUT2D eigenvalue weighted by Gasteiger charge is 2.15. The second-order valence-corrected chi connectivity index (χ2v) is 6.32. The average Bonchev–Trinajstić information content (AvgIpc) is 3.12. The van der Waals surface area contributed by atoms with Crippen LogP contribution in [0.1, 0.15) is 12.5 Å². The molecule has 1 saturated heterocycles. The molecule has 2 aliphatic rings. The molecule has 1 fully saturated rings. The summed E-state index contributed by atoms with van der Waals surface area (Å²) in [7, 11) is 1.80. The van der Waals surface area contributed by atoms with Gasteiger partial charge in [-0.3, -0.25) is 9.89 Å². The number of hydrogen-bond acceptors (Lipinski definition) is 5. The van der Waals surface area contributed by atoms with E-state index < -0.39 is 0 Å². The molecule has 0 spiro atoms. The minimum absolute atomic E-state index is 0.307. The molecule has 0 amide bonds. The second kappa shape index (κ2) is 8.92. The van der Waals surface area contributed by atoms with E-state index in [0.29, 0.717) is 13.3 Å². The van der Waals surface area contributed by atoms with Crippen LogP contribution in [0.4, 0.5) is 0 Å². The van der Waals surface area contributed by atoms with Gasteiger partial charge in [0, 0.05) is 52.9 Å². The molecule has 138 valence electrons. The van der Waals surface area contributed by atoms with Crippen molar-refractivity contribution in [3.05, 3.63) is 23.8 Å². The molecule has 2 N–H and O–H groups in total. The predicted octanol–water partition coefficient (Wildman–Crippen LogP) is 0.718. The number of aliphatic imine (C=N–C) groups is 1. The highest BCUT2D eigenvalue weighted by molar-refractivity contribution is 5.79. The lowest BCUT2D eigenvalue weighted by atomic mass is 10.2. The van der Waals surface area contributed by atoms with E-state index in [1.54, 1.807) is 7.05 Å². The molecule has 0 bridgehead atoms. The van der Waals surface area contributed by atoms with E-state index in [-0.39, 0.29) is 0 Å². The normalized spacial score (nSPS) is 18.4. The van der Waals surface area contributed by atoms with Gasteiger partial charge < -0.3 is 25.0 Å². The largest absolute Gasteiger partial charge is 0.454 e. The topological polar surface area (TPSA) is 61.4 Å². The van der Waals surface area contributed by atoms with E-state index >= 15 is 0 Å². The molecule has 0 atom stereocenters. The number of nitrogens with one attached hydrogen (secondary N) is 2. The minimum atomic E-state index is 0.307. The Morgan fingerprint density at radius 3 is 2.60 bits per heavy atom. The maximum Gasteiger partial charge on any atom is 0.231 e. The minimum Gasteiger partial charge on any atom is -0.454 e. The number of ether oxygens (including phenoxy) is 2. The second-order valence-electron chi connectivity index (χ2n) is 6.32. The summed E-state index contributed by atoms with van der Waals surface area (Å²) in [6.45, 7) is 11.0. The van der Waals surface area contributed by atoms with Crippen LogP contribution in [-0.4, -0.2) is 75.4 Å². The first-order chi connectivity index (χ1) is 12.3. The molecule has 7 nitrogen and oxygen atoms in total. The zero-order chi connectivity index (χ0) is 17.5. The number of likely N-dealkylation sites (N-methyl/N-ethyl adjacent to an activating group) is 1. The number of benzene rings is 1. The molecular weight excluding hydrogens is 318 g/mol. The van der Waals surface area contributed by atoms with Crippen molar-refractivity contribution in [2.45, 2.75) is 13.5 Å². The van der Waals surface area contributed by atoms with Crippen LogP contribution in [-0.2, 0) is 6.54 Å². The molecule has 3 rings (SSSR count). The number of hydrogen-bond donors (Lipinski definition) is 2. The molecular formula is C18H29N5O2. The highest BCUT2D eigenvalue weighted by Crippen LogP contribution is 2.32. The van der Waals surface area contributed by atoms with Crippen molar-refractivity contribution in [3.63, 3.8) is 0 Å². The zero-order valence-corrected chi connectivity index (χ0v) is 15.3. The third-order valence-electron chi connectivity index (χ3n) is 4.75. The lowest BCUT2D eigenvalue weighted by Gasteiger charge is -2.34. The molecule has 0 aromatic heterocycles. The smallest absolute Gasteiger partial charge is 0.231 e. The molecule has 2 heterocycles. The third kappa shape index (κ3) is 4.99. The maximum atomic E-state index is 5.42. The fourth-order valence-corrected chi connectivity index (χ4v) is 3.12. The van der Waals surface area contributed by atoms with Crippen LogP contribution in [0.15, 0.2) is 23.2 Å². The van der Waals surface area contributed by atoms with E-state index in [1.165, 1.54) is 13.1 Å². The van der Waals surface area contributed by atoms with Crippen molar-refractivity contribution in [2.24, 2.45) is 4.99 Å². The van der Waals surface area contributed by atoms with Crippen LogP contribution in [0, 0.1) is 0 Å². The van der Waals surface area contributed by atoms with E-state index in [1.807, 2.05) is 18.2 Å². The summed E-state index contributed by atoms with van der Waals surface area (Å²) in [5, 5.41) is 6.74. The van der Waals surface area contributed by atoms with Crippen molar-refractivity contribution in [1.82, 2.24) is 20.4 Å². The van der Waals surface area contributed by atoms with E-state index in [9.17, 15) is 0 Å². The summed E-state index contributed by atoms with van der Waals surface area (Å²) in [5.41, 5.74) is 1.14. The van der Waals surface area contributed by atoms with Gasteiger partial charge in [0.2, 0.25) is 6.79 Å². The Hall–Kier alpha value is -1.99. The molecule has 0 aliphatic carbocycles. The Morgan fingerprint density at radius 1 is 1.08 bits per heavy atom. The van der Waals surface area contributed by atoms with Gasteiger partial charge >= 0.3 is 0 Å². The first-order valence-corrected chi connectivity index (χ1v) is 9.06. The zero-order valence-electron chi connectivity index (χ0n) is 15.3. The predicted molar refractivity (Wildman–Crippen MR) is 99.3 cm³/mol. The summed E-state index contributed by atoms with van der Waals surface area (Å²) >= 11 is 0. The molecule has 1 aromatic rings. The van der Waals surface area contributed by atoms with Crippen molar-refractivity contribution >= 4 is 5.96 Å². The lowest BCUT2D eigenvalue weighted by molar-refractivity contribution is 0.139. The van der Waals surface area contributed by atoms with Gasteiger partial charge in [-0.25, -0.2) is 0 Å². The van der Waals surface area contributed by atoms with Crippen molar-refractivity contribution < 1.29 is 9.47 Å².